The average Bonchev–Trinajstić information content (AvgIpc) is 3.27. The van der Waals surface area contributed by atoms with Crippen LogP contribution in [0.25, 0.3) is 0 Å². The monoisotopic (exact) mass is 450 g/mol. The van der Waals surface area contributed by atoms with Gasteiger partial charge in [0.1, 0.15) is 18.5 Å². The van der Waals surface area contributed by atoms with Gasteiger partial charge in [-0.25, -0.2) is 0 Å². The summed E-state index contributed by atoms with van der Waals surface area (Å²) in [6.07, 6.45) is -3.38. The molecule has 2 unspecified atom stereocenters. The molecule has 0 saturated heterocycles. The third-order valence-electron chi connectivity index (χ3n) is 5.11. The van der Waals surface area contributed by atoms with Crippen molar-refractivity contribution in [3.05, 3.63) is 81.8 Å². The minimum absolute atomic E-state index is 0.0228. The third kappa shape index (κ3) is 6.53. The standard InChI is InChI=1S/C23H25F3N2O2S/c1-16-5-3-4-6-18(16)12-28(17(2)22-11-27-15-31-22)13-20(29)14-30-21-9-7-19(8-10-21)23(24,25)26/h3-11,15,17,20,29H,12-14H2,1-2H3. The first-order valence-corrected chi connectivity index (χ1v) is 10.8. The van der Waals surface area contributed by atoms with E-state index in [2.05, 4.69) is 35.9 Å². The quantitative estimate of drug-likeness (QED) is 0.469. The number of aliphatic hydroxyl groups excluding tert-OH is 1. The maximum absolute atomic E-state index is 12.7. The van der Waals surface area contributed by atoms with E-state index in [4.69, 9.17) is 4.74 Å². The molecule has 166 valence electrons. The predicted molar refractivity (Wildman–Crippen MR) is 115 cm³/mol. The van der Waals surface area contributed by atoms with Crippen LogP contribution in [0.5, 0.6) is 5.75 Å². The van der Waals surface area contributed by atoms with Crippen LogP contribution in [0.3, 0.4) is 0 Å². The summed E-state index contributed by atoms with van der Waals surface area (Å²) in [5, 5.41) is 10.6. The van der Waals surface area contributed by atoms with E-state index in [1.54, 1.807) is 16.8 Å². The molecule has 0 amide bonds. The summed E-state index contributed by atoms with van der Waals surface area (Å²) >= 11 is 1.56. The summed E-state index contributed by atoms with van der Waals surface area (Å²) in [6.45, 7) is 5.08. The Bertz CT molecular complexity index is 946. The van der Waals surface area contributed by atoms with Crippen LogP contribution in [0.15, 0.2) is 60.2 Å². The fourth-order valence-electron chi connectivity index (χ4n) is 3.23. The Morgan fingerprint density at radius 2 is 1.84 bits per heavy atom. The summed E-state index contributed by atoms with van der Waals surface area (Å²) in [4.78, 5) is 7.39. The van der Waals surface area contributed by atoms with Crippen LogP contribution in [0.2, 0.25) is 0 Å². The second kappa shape index (κ2) is 10.3. The number of nitrogens with zero attached hydrogens (tertiary/aromatic N) is 2. The molecular formula is C23H25F3N2O2S. The van der Waals surface area contributed by atoms with Crippen LogP contribution >= 0.6 is 11.3 Å². The summed E-state index contributed by atoms with van der Waals surface area (Å²) in [7, 11) is 0. The van der Waals surface area contributed by atoms with Crippen molar-refractivity contribution in [3.63, 3.8) is 0 Å². The van der Waals surface area contributed by atoms with Gasteiger partial charge >= 0.3 is 6.18 Å². The summed E-state index contributed by atoms with van der Waals surface area (Å²) < 4.78 is 43.6. The highest BCUT2D eigenvalue weighted by Crippen LogP contribution is 2.30. The topological polar surface area (TPSA) is 45.6 Å². The van der Waals surface area contributed by atoms with E-state index in [-0.39, 0.29) is 18.4 Å². The number of aromatic nitrogens is 1. The first-order valence-electron chi connectivity index (χ1n) is 9.89. The molecule has 1 N–H and O–H groups in total. The van der Waals surface area contributed by atoms with Crippen molar-refractivity contribution in [1.82, 2.24) is 9.88 Å². The van der Waals surface area contributed by atoms with Crippen LogP contribution in [-0.4, -0.2) is 34.2 Å². The summed E-state index contributed by atoms with van der Waals surface area (Å²) in [6, 6.07) is 12.6. The van der Waals surface area contributed by atoms with Crippen molar-refractivity contribution >= 4 is 11.3 Å². The highest BCUT2D eigenvalue weighted by molar-refractivity contribution is 7.09. The fourth-order valence-corrected chi connectivity index (χ4v) is 3.94. The number of hydrogen-bond donors (Lipinski definition) is 1. The first-order chi connectivity index (χ1) is 14.7. The zero-order chi connectivity index (χ0) is 22.4. The van der Waals surface area contributed by atoms with E-state index >= 15 is 0 Å². The number of ether oxygens (including phenoxy) is 1. The van der Waals surface area contributed by atoms with Gasteiger partial charge in [-0.15, -0.1) is 11.3 Å². The Morgan fingerprint density at radius 1 is 1.13 bits per heavy atom. The number of aliphatic hydroxyl groups is 1. The van der Waals surface area contributed by atoms with E-state index in [1.165, 1.54) is 17.7 Å². The number of hydrogen-bond acceptors (Lipinski definition) is 5. The first kappa shape index (κ1) is 23.2. The van der Waals surface area contributed by atoms with Crippen LogP contribution in [0.1, 0.15) is 34.5 Å². The molecule has 2 atom stereocenters. The van der Waals surface area contributed by atoms with E-state index < -0.39 is 17.8 Å². The van der Waals surface area contributed by atoms with Crippen molar-refractivity contribution in [2.24, 2.45) is 0 Å². The number of aryl methyl sites for hydroxylation is 1. The molecule has 0 aliphatic heterocycles. The van der Waals surface area contributed by atoms with Crippen LogP contribution in [0.4, 0.5) is 13.2 Å². The smallest absolute Gasteiger partial charge is 0.416 e. The predicted octanol–water partition coefficient (Wildman–Crippen LogP) is 5.47. The fraction of sp³-hybridized carbons (Fsp3) is 0.348. The average molecular weight is 451 g/mol. The Morgan fingerprint density at radius 3 is 2.45 bits per heavy atom. The second-order valence-electron chi connectivity index (χ2n) is 7.42. The molecular weight excluding hydrogens is 425 g/mol. The van der Waals surface area contributed by atoms with Crippen molar-refractivity contribution in [2.75, 3.05) is 13.2 Å². The zero-order valence-electron chi connectivity index (χ0n) is 17.3. The molecule has 1 heterocycles. The molecule has 0 radical (unpaired) electrons. The lowest BCUT2D eigenvalue weighted by Crippen LogP contribution is -2.37. The number of alkyl halides is 3. The van der Waals surface area contributed by atoms with Gasteiger partial charge in [-0.05, 0) is 49.2 Å². The molecule has 2 aromatic carbocycles. The SMILES string of the molecule is Cc1ccccc1CN(CC(O)COc1ccc(C(F)(F)F)cc1)C(C)c1cncs1. The van der Waals surface area contributed by atoms with Gasteiger partial charge in [-0.3, -0.25) is 9.88 Å². The summed E-state index contributed by atoms with van der Waals surface area (Å²) in [5.74, 6) is 0.285. The van der Waals surface area contributed by atoms with Gasteiger partial charge in [0.05, 0.1) is 11.1 Å². The molecule has 31 heavy (non-hydrogen) atoms. The molecule has 0 fully saturated rings. The number of thiazole rings is 1. The van der Waals surface area contributed by atoms with Crippen LogP contribution in [-0.2, 0) is 12.7 Å². The largest absolute Gasteiger partial charge is 0.491 e. The van der Waals surface area contributed by atoms with E-state index in [9.17, 15) is 18.3 Å². The molecule has 8 heteroatoms. The number of rotatable bonds is 9. The Balaban J connectivity index is 1.65. The Labute approximate surface area is 183 Å². The van der Waals surface area contributed by atoms with Gasteiger partial charge in [0.25, 0.3) is 0 Å². The maximum Gasteiger partial charge on any atom is 0.416 e. The minimum Gasteiger partial charge on any atom is -0.491 e. The molecule has 3 aromatic rings. The molecule has 1 aromatic heterocycles. The Hall–Kier alpha value is -2.42. The van der Waals surface area contributed by atoms with Gasteiger partial charge in [-0.2, -0.15) is 13.2 Å². The number of halogens is 3. The van der Waals surface area contributed by atoms with Gasteiger partial charge in [0.15, 0.2) is 0 Å². The summed E-state index contributed by atoms with van der Waals surface area (Å²) in [5.41, 5.74) is 3.37. The van der Waals surface area contributed by atoms with E-state index in [0.29, 0.717) is 13.1 Å². The molecule has 0 saturated carbocycles. The molecule has 0 aliphatic carbocycles. The lowest BCUT2D eigenvalue weighted by molar-refractivity contribution is -0.137. The highest BCUT2D eigenvalue weighted by Gasteiger charge is 2.30. The van der Waals surface area contributed by atoms with Gasteiger partial charge in [0, 0.05) is 30.2 Å². The van der Waals surface area contributed by atoms with Crippen molar-refractivity contribution in [1.29, 1.82) is 0 Å². The van der Waals surface area contributed by atoms with E-state index in [0.717, 1.165) is 22.6 Å². The minimum atomic E-state index is -4.39. The maximum atomic E-state index is 12.7. The van der Waals surface area contributed by atoms with Gasteiger partial charge < -0.3 is 9.84 Å². The molecule has 4 nitrogen and oxygen atoms in total. The second-order valence-corrected chi connectivity index (χ2v) is 8.34. The van der Waals surface area contributed by atoms with Gasteiger partial charge in [-0.1, -0.05) is 24.3 Å². The van der Waals surface area contributed by atoms with Crippen LogP contribution in [0, 0.1) is 6.92 Å². The van der Waals surface area contributed by atoms with Crippen molar-refractivity contribution in [3.8, 4) is 5.75 Å². The zero-order valence-corrected chi connectivity index (χ0v) is 18.2. The molecule has 0 aliphatic rings. The third-order valence-corrected chi connectivity index (χ3v) is 6.06. The number of benzene rings is 2. The molecule has 0 bridgehead atoms. The lowest BCUT2D eigenvalue weighted by atomic mass is 10.1. The van der Waals surface area contributed by atoms with Gasteiger partial charge in [0.2, 0.25) is 0 Å². The van der Waals surface area contributed by atoms with Crippen molar-refractivity contribution in [2.45, 2.75) is 38.7 Å². The lowest BCUT2D eigenvalue weighted by Gasteiger charge is -2.31. The Kier molecular flexibility index (Phi) is 7.69. The molecule has 3 rings (SSSR count). The molecule has 0 spiro atoms. The van der Waals surface area contributed by atoms with Crippen molar-refractivity contribution < 1.29 is 23.0 Å². The normalized spacial score (nSPS) is 13.9. The highest BCUT2D eigenvalue weighted by atomic mass is 32.1. The van der Waals surface area contributed by atoms with Crippen LogP contribution < -0.4 is 4.74 Å². The van der Waals surface area contributed by atoms with E-state index in [1.807, 2.05) is 18.3 Å².